The number of aromatic amines is 1. The maximum Gasteiger partial charge on any atom is 0.347 e. The van der Waals surface area contributed by atoms with E-state index in [4.69, 9.17) is 0 Å². The van der Waals surface area contributed by atoms with Crippen LogP contribution in [0.5, 0.6) is 0 Å². The topological polar surface area (TPSA) is 57.2 Å². The van der Waals surface area contributed by atoms with Gasteiger partial charge in [0.15, 0.2) is 5.82 Å². The fraction of sp³-hybridized carbons (Fsp3) is 0.500. The molecule has 1 aliphatic heterocycles. The van der Waals surface area contributed by atoms with Gasteiger partial charge >= 0.3 is 5.69 Å². The Labute approximate surface area is 105 Å². The first kappa shape index (κ1) is 11.3. The van der Waals surface area contributed by atoms with Crippen LogP contribution >= 0.6 is 0 Å². The average molecular weight is 247 g/mol. The van der Waals surface area contributed by atoms with Crippen LogP contribution in [0, 0.1) is 0 Å². The Morgan fingerprint density at radius 1 is 1.44 bits per heavy atom. The second kappa shape index (κ2) is 3.84. The highest BCUT2D eigenvalue weighted by molar-refractivity contribution is 5.90. The van der Waals surface area contributed by atoms with Crippen LogP contribution in [0.25, 0.3) is 11.0 Å². The average Bonchev–Trinajstić information content (AvgIpc) is 2.62. The van der Waals surface area contributed by atoms with E-state index in [-0.39, 0.29) is 5.69 Å². The van der Waals surface area contributed by atoms with Gasteiger partial charge in [-0.05, 0) is 14.1 Å². The smallest absolute Gasteiger partial charge is 0.347 e. The molecule has 6 heteroatoms. The summed E-state index contributed by atoms with van der Waals surface area (Å²) in [5, 5.41) is 0. The quantitative estimate of drug-likeness (QED) is 0.825. The molecule has 0 amide bonds. The maximum absolute atomic E-state index is 11.7. The molecule has 2 aromatic rings. The number of anilines is 1. The van der Waals surface area contributed by atoms with Crippen LogP contribution in [0.3, 0.4) is 0 Å². The largest absolute Gasteiger partial charge is 0.356 e. The molecule has 0 aliphatic carbocycles. The number of H-pyrrole nitrogens is 1. The zero-order chi connectivity index (χ0) is 12.9. The number of hydrogen-bond donors (Lipinski definition) is 1. The van der Waals surface area contributed by atoms with Crippen molar-refractivity contribution in [3.8, 4) is 0 Å². The van der Waals surface area contributed by atoms with Crippen molar-refractivity contribution in [1.82, 2.24) is 19.4 Å². The second-order valence-corrected chi connectivity index (χ2v) is 5.10. The summed E-state index contributed by atoms with van der Waals surface area (Å²) >= 11 is 0. The van der Waals surface area contributed by atoms with Gasteiger partial charge in [-0.25, -0.2) is 4.79 Å². The third-order valence-corrected chi connectivity index (χ3v) is 3.33. The standard InChI is InChI=1S/C12H17N5O/c1-15(2)6-8-7-17-5-4-16(3)11-10(17)9(8)13-12(18)14-11/h7H,4-6H2,1-3H3,(H,13,14,18). The molecule has 0 atom stereocenters. The molecule has 18 heavy (non-hydrogen) atoms. The van der Waals surface area contributed by atoms with Crippen molar-refractivity contribution in [3.63, 3.8) is 0 Å². The van der Waals surface area contributed by atoms with E-state index in [0.29, 0.717) is 0 Å². The van der Waals surface area contributed by atoms with Crippen molar-refractivity contribution >= 4 is 16.9 Å². The van der Waals surface area contributed by atoms with Gasteiger partial charge in [0, 0.05) is 38.4 Å². The van der Waals surface area contributed by atoms with E-state index in [0.717, 1.165) is 42.0 Å². The van der Waals surface area contributed by atoms with E-state index >= 15 is 0 Å². The van der Waals surface area contributed by atoms with Gasteiger partial charge in [-0.3, -0.25) is 0 Å². The van der Waals surface area contributed by atoms with Crippen LogP contribution in [0.1, 0.15) is 5.56 Å². The van der Waals surface area contributed by atoms with Gasteiger partial charge in [-0.15, -0.1) is 0 Å². The van der Waals surface area contributed by atoms with Gasteiger partial charge < -0.3 is 19.4 Å². The summed E-state index contributed by atoms with van der Waals surface area (Å²) < 4.78 is 2.19. The maximum atomic E-state index is 11.7. The molecule has 0 aromatic carbocycles. The number of rotatable bonds is 2. The number of likely N-dealkylation sites (N-methyl/N-ethyl adjacent to an activating group) is 1. The molecule has 0 radical (unpaired) electrons. The second-order valence-electron chi connectivity index (χ2n) is 5.10. The fourth-order valence-electron chi connectivity index (χ4n) is 2.54. The first-order valence-corrected chi connectivity index (χ1v) is 6.04. The van der Waals surface area contributed by atoms with Gasteiger partial charge in [0.1, 0.15) is 5.52 Å². The van der Waals surface area contributed by atoms with Gasteiger partial charge in [0.25, 0.3) is 0 Å². The van der Waals surface area contributed by atoms with Gasteiger partial charge in [0.2, 0.25) is 0 Å². The monoisotopic (exact) mass is 247 g/mol. The third-order valence-electron chi connectivity index (χ3n) is 3.33. The molecule has 3 heterocycles. The SMILES string of the molecule is CN(C)Cc1cn2c3c(nc(=O)[nH]c13)N(C)CC2. The third kappa shape index (κ3) is 1.60. The number of aromatic nitrogens is 3. The zero-order valence-electron chi connectivity index (χ0n) is 10.9. The van der Waals surface area contributed by atoms with E-state index in [1.807, 2.05) is 26.0 Å². The molecule has 2 aromatic heterocycles. The summed E-state index contributed by atoms with van der Waals surface area (Å²) in [6, 6.07) is 0. The van der Waals surface area contributed by atoms with Crippen LogP contribution in [0.2, 0.25) is 0 Å². The minimum absolute atomic E-state index is 0.274. The van der Waals surface area contributed by atoms with Crippen molar-refractivity contribution in [2.45, 2.75) is 13.1 Å². The van der Waals surface area contributed by atoms with Crippen molar-refractivity contribution in [1.29, 1.82) is 0 Å². The van der Waals surface area contributed by atoms with Crippen LogP contribution in [-0.4, -0.2) is 47.1 Å². The van der Waals surface area contributed by atoms with Gasteiger partial charge in [-0.2, -0.15) is 4.98 Å². The summed E-state index contributed by atoms with van der Waals surface area (Å²) in [5.74, 6) is 0.782. The summed E-state index contributed by atoms with van der Waals surface area (Å²) in [6.07, 6.45) is 2.12. The summed E-state index contributed by atoms with van der Waals surface area (Å²) in [7, 11) is 6.02. The van der Waals surface area contributed by atoms with Crippen molar-refractivity contribution in [3.05, 3.63) is 22.2 Å². The Balaban J connectivity index is 2.30. The van der Waals surface area contributed by atoms with Crippen LogP contribution < -0.4 is 10.6 Å². The molecule has 0 saturated heterocycles. The molecule has 1 aliphatic rings. The number of hydrogen-bond acceptors (Lipinski definition) is 4. The molecular weight excluding hydrogens is 230 g/mol. The molecule has 96 valence electrons. The molecule has 1 N–H and O–H groups in total. The lowest BCUT2D eigenvalue weighted by Crippen LogP contribution is -2.30. The Kier molecular flexibility index (Phi) is 2.41. The highest BCUT2D eigenvalue weighted by Crippen LogP contribution is 2.29. The summed E-state index contributed by atoms with van der Waals surface area (Å²) in [6.45, 7) is 2.63. The van der Waals surface area contributed by atoms with Crippen molar-refractivity contribution in [2.24, 2.45) is 0 Å². The number of nitrogens with zero attached hydrogens (tertiary/aromatic N) is 4. The highest BCUT2D eigenvalue weighted by Gasteiger charge is 2.21. The minimum atomic E-state index is -0.274. The first-order chi connectivity index (χ1) is 8.56. The van der Waals surface area contributed by atoms with Crippen LogP contribution in [-0.2, 0) is 13.1 Å². The minimum Gasteiger partial charge on any atom is -0.356 e. The van der Waals surface area contributed by atoms with E-state index in [1.54, 1.807) is 0 Å². The zero-order valence-corrected chi connectivity index (χ0v) is 10.9. The van der Waals surface area contributed by atoms with Crippen molar-refractivity contribution in [2.75, 3.05) is 32.6 Å². The predicted octanol–water partition coefficient (Wildman–Crippen LogP) is 0.236. The molecule has 0 fully saturated rings. The molecular formula is C12H17N5O. The Morgan fingerprint density at radius 2 is 2.22 bits per heavy atom. The molecule has 6 nitrogen and oxygen atoms in total. The lowest BCUT2D eigenvalue weighted by Gasteiger charge is -2.24. The Morgan fingerprint density at radius 3 is 2.94 bits per heavy atom. The van der Waals surface area contributed by atoms with E-state index in [1.165, 1.54) is 0 Å². The lowest BCUT2D eigenvalue weighted by molar-refractivity contribution is 0.403. The van der Waals surface area contributed by atoms with Crippen molar-refractivity contribution < 1.29 is 0 Å². The molecule has 0 spiro atoms. The molecule has 3 rings (SSSR count). The van der Waals surface area contributed by atoms with Gasteiger partial charge in [-0.1, -0.05) is 0 Å². The summed E-state index contributed by atoms with van der Waals surface area (Å²) in [4.78, 5) is 22.8. The fourth-order valence-corrected chi connectivity index (χ4v) is 2.54. The van der Waals surface area contributed by atoms with E-state index in [9.17, 15) is 4.79 Å². The highest BCUT2D eigenvalue weighted by atomic mass is 16.1. The van der Waals surface area contributed by atoms with Crippen LogP contribution in [0.4, 0.5) is 5.82 Å². The van der Waals surface area contributed by atoms with E-state index in [2.05, 4.69) is 25.6 Å². The number of nitrogens with one attached hydrogen (secondary N) is 1. The molecule has 0 bridgehead atoms. The Hall–Kier alpha value is -1.82. The molecule has 0 unspecified atom stereocenters. The normalized spacial score (nSPS) is 14.8. The summed E-state index contributed by atoms with van der Waals surface area (Å²) in [5.41, 5.74) is 2.83. The molecule has 0 saturated carbocycles. The lowest BCUT2D eigenvalue weighted by atomic mass is 10.2. The Bertz CT molecular complexity index is 654. The van der Waals surface area contributed by atoms with Gasteiger partial charge in [0.05, 0.1) is 5.52 Å². The predicted molar refractivity (Wildman–Crippen MR) is 71.0 cm³/mol. The van der Waals surface area contributed by atoms with E-state index < -0.39 is 0 Å². The van der Waals surface area contributed by atoms with Crippen LogP contribution in [0.15, 0.2) is 11.0 Å². The first-order valence-electron chi connectivity index (χ1n) is 6.04.